The SMILES string of the molecule is CN=C(NCc1nc(C(C)(C)C)cs1)NCC(c1cccc(OC)c1)N1CCCC1.I. The van der Waals surface area contributed by atoms with Crippen molar-refractivity contribution in [3.8, 4) is 5.75 Å². The van der Waals surface area contributed by atoms with Crippen LogP contribution >= 0.6 is 35.3 Å². The van der Waals surface area contributed by atoms with E-state index < -0.39 is 0 Å². The highest BCUT2D eigenvalue weighted by molar-refractivity contribution is 14.0. The number of likely N-dealkylation sites (tertiary alicyclic amines) is 1. The summed E-state index contributed by atoms with van der Waals surface area (Å²) >= 11 is 1.70. The van der Waals surface area contributed by atoms with Crippen molar-refractivity contribution in [3.63, 3.8) is 0 Å². The zero-order valence-corrected chi connectivity index (χ0v) is 22.4. The minimum atomic E-state index is 0. The van der Waals surface area contributed by atoms with Crippen LogP contribution in [0.5, 0.6) is 5.75 Å². The molecule has 6 nitrogen and oxygen atoms in total. The first-order chi connectivity index (χ1) is 14.4. The highest BCUT2D eigenvalue weighted by Crippen LogP contribution is 2.27. The number of aliphatic imine (C=N–C) groups is 1. The average Bonchev–Trinajstić information content (AvgIpc) is 3.42. The number of halogens is 1. The maximum absolute atomic E-state index is 5.45. The Balaban J connectivity index is 0.00000341. The van der Waals surface area contributed by atoms with Crippen LogP contribution in [0.15, 0.2) is 34.6 Å². The summed E-state index contributed by atoms with van der Waals surface area (Å²) in [6.45, 7) is 10.3. The van der Waals surface area contributed by atoms with Gasteiger partial charge in [0.15, 0.2) is 5.96 Å². The Labute approximate surface area is 207 Å². The quantitative estimate of drug-likeness (QED) is 0.297. The summed E-state index contributed by atoms with van der Waals surface area (Å²) in [7, 11) is 3.53. The van der Waals surface area contributed by atoms with Crippen molar-refractivity contribution < 1.29 is 4.74 Å². The summed E-state index contributed by atoms with van der Waals surface area (Å²) < 4.78 is 5.45. The maximum Gasteiger partial charge on any atom is 0.191 e. The second-order valence-corrected chi connectivity index (χ2v) is 9.66. The number of nitrogens with zero attached hydrogens (tertiary/aromatic N) is 3. The van der Waals surface area contributed by atoms with E-state index in [2.05, 4.69) is 64.9 Å². The molecule has 31 heavy (non-hydrogen) atoms. The molecular weight excluding hydrogens is 521 g/mol. The largest absolute Gasteiger partial charge is 0.497 e. The van der Waals surface area contributed by atoms with E-state index in [1.165, 1.54) is 18.4 Å². The normalized spacial score (nSPS) is 16.0. The molecule has 1 saturated heterocycles. The molecule has 172 valence electrons. The van der Waals surface area contributed by atoms with Gasteiger partial charge < -0.3 is 15.4 Å². The molecule has 0 amide bonds. The number of benzene rings is 1. The Hall–Kier alpha value is -1.39. The lowest BCUT2D eigenvalue weighted by Gasteiger charge is -2.29. The molecule has 3 rings (SSSR count). The number of hydrogen-bond acceptors (Lipinski definition) is 5. The number of ether oxygens (including phenoxy) is 1. The second-order valence-electron chi connectivity index (χ2n) is 8.72. The lowest BCUT2D eigenvalue weighted by molar-refractivity contribution is 0.245. The van der Waals surface area contributed by atoms with E-state index >= 15 is 0 Å². The molecule has 1 atom stereocenters. The third-order valence-corrected chi connectivity index (χ3v) is 6.32. The van der Waals surface area contributed by atoms with Crippen LogP contribution in [0.3, 0.4) is 0 Å². The van der Waals surface area contributed by atoms with E-state index in [0.717, 1.165) is 42.0 Å². The Morgan fingerprint density at radius 3 is 2.61 bits per heavy atom. The van der Waals surface area contributed by atoms with Crippen LogP contribution in [0.25, 0.3) is 0 Å². The summed E-state index contributed by atoms with van der Waals surface area (Å²) in [4.78, 5) is 11.7. The van der Waals surface area contributed by atoms with E-state index in [0.29, 0.717) is 6.54 Å². The minimum Gasteiger partial charge on any atom is -0.497 e. The van der Waals surface area contributed by atoms with Crippen LogP contribution < -0.4 is 15.4 Å². The number of nitrogens with one attached hydrogen (secondary N) is 2. The van der Waals surface area contributed by atoms with Gasteiger partial charge in [0.25, 0.3) is 0 Å². The predicted octanol–water partition coefficient (Wildman–Crippen LogP) is 4.57. The molecule has 1 unspecified atom stereocenters. The summed E-state index contributed by atoms with van der Waals surface area (Å²) in [6, 6.07) is 8.68. The number of thiazole rings is 1. The van der Waals surface area contributed by atoms with Gasteiger partial charge in [0.1, 0.15) is 10.8 Å². The van der Waals surface area contributed by atoms with Gasteiger partial charge in [0.2, 0.25) is 0 Å². The van der Waals surface area contributed by atoms with Gasteiger partial charge in [-0.25, -0.2) is 4.98 Å². The molecule has 1 aliphatic rings. The molecule has 2 aromatic rings. The van der Waals surface area contributed by atoms with Gasteiger partial charge in [-0.05, 0) is 43.6 Å². The van der Waals surface area contributed by atoms with E-state index in [1.54, 1.807) is 18.4 Å². The van der Waals surface area contributed by atoms with Gasteiger partial charge in [-0.15, -0.1) is 35.3 Å². The standard InChI is InChI=1S/C23H35N5OS.HI/c1-23(2,3)20-16-30-21(27-20)15-26-22(24-4)25-14-19(28-11-6-7-12-28)17-9-8-10-18(13-17)29-5;/h8-10,13,16,19H,6-7,11-12,14-15H2,1-5H3,(H2,24,25,26);1H. The predicted molar refractivity (Wildman–Crippen MR) is 141 cm³/mol. The van der Waals surface area contributed by atoms with E-state index in [-0.39, 0.29) is 35.4 Å². The van der Waals surface area contributed by atoms with Gasteiger partial charge in [-0.2, -0.15) is 0 Å². The fourth-order valence-corrected chi connectivity index (χ4v) is 4.63. The van der Waals surface area contributed by atoms with Crippen LogP contribution in [0, 0.1) is 0 Å². The van der Waals surface area contributed by atoms with Crippen LogP contribution in [-0.2, 0) is 12.0 Å². The maximum atomic E-state index is 5.45. The minimum absolute atomic E-state index is 0. The molecule has 2 heterocycles. The fourth-order valence-electron chi connectivity index (χ4n) is 3.67. The Morgan fingerprint density at radius 1 is 1.26 bits per heavy atom. The van der Waals surface area contributed by atoms with Gasteiger partial charge in [-0.3, -0.25) is 9.89 Å². The Bertz CT molecular complexity index is 842. The zero-order chi connectivity index (χ0) is 21.6. The third kappa shape index (κ3) is 7.32. The van der Waals surface area contributed by atoms with E-state index in [1.807, 2.05) is 13.1 Å². The molecule has 0 radical (unpaired) electrons. The fraction of sp³-hybridized carbons (Fsp3) is 0.565. The van der Waals surface area contributed by atoms with Crippen molar-refractivity contribution in [3.05, 3.63) is 45.9 Å². The van der Waals surface area contributed by atoms with Crippen LogP contribution in [0.2, 0.25) is 0 Å². The number of hydrogen-bond donors (Lipinski definition) is 2. The lowest BCUT2D eigenvalue weighted by Crippen LogP contribution is -2.42. The second kappa shape index (κ2) is 12.0. The van der Waals surface area contributed by atoms with Gasteiger partial charge in [0, 0.05) is 24.4 Å². The number of rotatable bonds is 7. The van der Waals surface area contributed by atoms with Crippen molar-refractivity contribution in [2.75, 3.05) is 33.8 Å². The van der Waals surface area contributed by atoms with E-state index in [9.17, 15) is 0 Å². The summed E-state index contributed by atoms with van der Waals surface area (Å²) in [6.07, 6.45) is 2.52. The molecule has 0 saturated carbocycles. The Morgan fingerprint density at radius 2 is 2.00 bits per heavy atom. The topological polar surface area (TPSA) is 61.8 Å². The number of guanidine groups is 1. The molecule has 0 bridgehead atoms. The first kappa shape index (κ1) is 25.9. The third-order valence-electron chi connectivity index (χ3n) is 5.47. The van der Waals surface area contributed by atoms with Crippen LogP contribution in [0.4, 0.5) is 0 Å². The summed E-state index contributed by atoms with van der Waals surface area (Å²) in [5, 5.41) is 10.2. The molecule has 1 aromatic carbocycles. The van der Waals surface area contributed by atoms with Crippen molar-refractivity contribution in [2.24, 2.45) is 4.99 Å². The molecule has 1 fully saturated rings. The van der Waals surface area contributed by atoms with Crippen LogP contribution in [0.1, 0.15) is 55.9 Å². The zero-order valence-electron chi connectivity index (χ0n) is 19.3. The molecule has 2 N–H and O–H groups in total. The molecular formula is C23H36IN5OS. The highest BCUT2D eigenvalue weighted by atomic mass is 127. The summed E-state index contributed by atoms with van der Waals surface area (Å²) in [5.74, 6) is 1.70. The number of methoxy groups -OCH3 is 1. The van der Waals surface area contributed by atoms with Crippen molar-refractivity contribution >= 4 is 41.3 Å². The average molecular weight is 558 g/mol. The van der Waals surface area contributed by atoms with Gasteiger partial charge in [0.05, 0.1) is 25.4 Å². The molecule has 0 spiro atoms. The Kier molecular flexibility index (Phi) is 10.0. The van der Waals surface area contributed by atoms with Crippen molar-refractivity contribution in [1.82, 2.24) is 20.5 Å². The first-order valence-electron chi connectivity index (χ1n) is 10.7. The smallest absolute Gasteiger partial charge is 0.191 e. The van der Waals surface area contributed by atoms with Crippen molar-refractivity contribution in [1.29, 1.82) is 0 Å². The monoisotopic (exact) mass is 557 g/mol. The molecule has 1 aromatic heterocycles. The highest BCUT2D eigenvalue weighted by Gasteiger charge is 2.24. The molecule has 8 heteroatoms. The molecule has 0 aliphatic carbocycles. The summed E-state index contributed by atoms with van der Waals surface area (Å²) in [5.41, 5.74) is 2.49. The molecule has 1 aliphatic heterocycles. The van der Waals surface area contributed by atoms with Gasteiger partial charge >= 0.3 is 0 Å². The van der Waals surface area contributed by atoms with E-state index in [4.69, 9.17) is 9.72 Å². The lowest BCUT2D eigenvalue weighted by atomic mass is 9.93. The van der Waals surface area contributed by atoms with Gasteiger partial charge in [-0.1, -0.05) is 32.9 Å². The van der Waals surface area contributed by atoms with Crippen molar-refractivity contribution in [2.45, 2.75) is 51.6 Å². The first-order valence-corrected chi connectivity index (χ1v) is 11.6. The van der Waals surface area contributed by atoms with Crippen LogP contribution in [-0.4, -0.2) is 49.6 Å². The number of aromatic nitrogens is 1.